The number of hydrogen-bond donors (Lipinski definition) is 0. The summed E-state index contributed by atoms with van der Waals surface area (Å²) in [5.41, 5.74) is 1.48. The van der Waals surface area contributed by atoms with E-state index in [4.69, 9.17) is 0 Å². The lowest BCUT2D eigenvalue weighted by atomic mass is 9.98. The molecule has 0 spiro atoms. The molecule has 0 N–H and O–H groups in total. The molecule has 128 valence electrons. The summed E-state index contributed by atoms with van der Waals surface area (Å²) < 4.78 is 2.82. The maximum Gasteiger partial charge on any atom is 0.0361 e. The number of fused-ring (bicyclic) bond motifs is 7. The molecule has 4 aromatic carbocycles. The molecular formula is C25H22S. The van der Waals surface area contributed by atoms with Gasteiger partial charge in [-0.1, -0.05) is 74.4 Å². The monoisotopic (exact) mass is 354 g/mol. The zero-order valence-electron chi connectivity index (χ0n) is 15.1. The Balaban J connectivity index is 1.74. The molecule has 1 heterocycles. The van der Waals surface area contributed by atoms with Crippen molar-refractivity contribution in [1.82, 2.24) is 0 Å². The second-order valence-corrected chi connectivity index (χ2v) is 8.29. The Morgan fingerprint density at radius 2 is 1.54 bits per heavy atom. The third kappa shape index (κ3) is 2.50. The Kier molecular flexibility index (Phi) is 3.90. The molecule has 0 aliphatic heterocycles. The number of thiophene rings is 1. The largest absolute Gasteiger partial charge is 0.135 e. The highest BCUT2D eigenvalue weighted by molar-refractivity contribution is 7.26. The van der Waals surface area contributed by atoms with Gasteiger partial charge in [0.25, 0.3) is 0 Å². The van der Waals surface area contributed by atoms with E-state index in [-0.39, 0.29) is 0 Å². The van der Waals surface area contributed by atoms with E-state index >= 15 is 0 Å². The lowest BCUT2D eigenvalue weighted by Gasteiger charge is -2.06. The maximum absolute atomic E-state index is 2.42. The van der Waals surface area contributed by atoms with Gasteiger partial charge in [-0.2, -0.15) is 0 Å². The van der Waals surface area contributed by atoms with Gasteiger partial charge in [-0.05, 0) is 52.1 Å². The van der Waals surface area contributed by atoms with Gasteiger partial charge in [-0.25, -0.2) is 0 Å². The normalized spacial score (nSPS) is 11.9. The van der Waals surface area contributed by atoms with E-state index in [1.165, 1.54) is 73.0 Å². The zero-order chi connectivity index (χ0) is 17.5. The summed E-state index contributed by atoms with van der Waals surface area (Å²) in [6, 6.07) is 25.0. The van der Waals surface area contributed by atoms with Gasteiger partial charge in [-0.3, -0.25) is 0 Å². The van der Waals surface area contributed by atoms with Crippen LogP contribution in [-0.4, -0.2) is 0 Å². The van der Waals surface area contributed by atoms with E-state index < -0.39 is 0 Å². The highest BCUT2D eigenvalue weighted by Crippen LogP contribution is 2.40. The van der Waals surface area contributed by atoms with E-state index in [0.29, 0.717) is 0 Å². The minimum Gasteiger partial charge on any atom is -0.135 e. The molecule has 0 saturated carbocycles. The second kappa shape index (κ2) is 6.41. The standard InChI is InChI=1S/C25H22S/c1-2-3-4-7-17-10-12-22-24(16-17)26-23-15-14-20-19-9-6-5-8-18(19)11-13-21(20)25(22)23/h5-6,8-16H,2-4,7H2,1H3. The first kappa shape index (κ1) is 15.8. The molecule has 0 atom stereocenters. The summed E-state index contributed by atoms with van der Waals surface area (Å²) in [5, 5.41) is 8.24. The van der Waals surface area contributed by atoms with Crippen LogP contribution in [0.3, 0.4) is 0 Å². The average Bonchev–Trinajstić information content (AvgIpc) is 3.06. The molecule has 0 saturated heterocycles. The summed E-state index contributed by atoms with van der Waals surface area (Å²) in [6.07, 6.45) is 5.10. The van der Waals surface area contributed by atoms with Gasteiger partial charge in [-0.15, -0.1) is 11.3 Å². The third-order valence-electron chi connectivity index (χ3n) is 5.49. The minimum absolute atomic E-state index is 1.20. The van der Waals surface area contributed by atoms with Crippen LogP contribution >= 0.6 is 11.3 Å². The Labute approximate surface area is 158 Å². The van der Waals surface area contributed by atoms with Crippen LogP contribution in [0.2, 0.25) is 0 Å². The van der Waals surface area contributed by atoms with Gasteiger partial charge in [0.2, 0.25) is 0 Å². The van der Waals surface area contributed by atoms with Gasteiger partial charge < -0.3 is 0 Å². The van der Waals surface area contributed by atoms with Gasteiger partial charge in [0, 0.05) is 20.2 Å². The summed E-state index contributed by atoms with van der Waals surface area (Å²) in [7, 11) is 0. The quantitative estimate of drug-likeness (QED) is 0.226. The van der Waals surface area contributed by atoms with Gasteiger partial charge in [0.05, 0.1) is 0 Å². The predicted octanol–water partition coefficient (Wildman–Crippen LogP) is 8.09. The highest BCUT2D eigenvalue weighted by Gasteiger charge is 2.11. The van der Waals surface area contributed by atoms with Crippen LogP contribution in [0.15, 0.2) is 66.7 Å². The number of benzene rings is 4. The fourth-order valence-electron chi connectivity index (χ4n) is 4.14. The van der Waals surface area contributed by atoms with Crippen molar-refractivity contribution in [3.63, 3.8) is 0 Å². The number of aryl methyl sites for hydroxylation is 1. The van der Waals surface area contributed by atoms with Crippen LogP contribution in [0.4, 0.5) is 0 Å². The van der Waals surface area contributed by atoms with Crippen LogP contribution in [0.25, 0.3) is 41.7 Å². The molecule has 5 aromatic rings. The van der Waals surface area contributed by atoms with Crippen molar-refractivity contribution in [3.8, 4) is 0 Å². The lowest BCUT2D eigenvalue weighted by molar-refractivity contribution is 0.718. The van der Waals surface area contributed by atoms with E-state index in [2.05, 4.69) is 73.7 Å². The zero-order valence-corrected chi connectivity index (χ0v) is 15.9. The molecule has 1 heteroatoms. The molecule has 0 radical (unpaired) electrons. The fourth-order valence-corrected chi connectivity index (χ4v) is 5.33. The van der Waals surface area contributed by atoms with Gasteiger partial charge in [0.15, 0.2) is 0 Å². The predicted molar refractivity (Wildman–Crippen MR) is 118 cm³/mol. The molecular weight excluding hydrogens is 332 g/mol. The molecule has 0 unspecified atom stereocenters. The van der Waals surface area contributed by atoms with Crippen molar-refractivity contribution >= 4 is 53.1 Å². The molecule has 0 fully saturated rings. The fraction of sp³-hybridized carbons (Fsp3) is 0.200. The van der Waals surface area contributed by atoms with Crippen molar-refractivity contribution < 1.29 is 0 Å². The summed E-state index contributed by atoms with van der Waals surface area (Å²) >= 11 is 1.94. The number of unbranched alkanes of at least 4 members (excludes halogenated alkanes) is 2. The third-order valence-corrected chi connectivity index (χ3v) is 6.61. The summed E-state index contributed by atoms with van der Waals surface area (Å²) in [5.74, 6) is 0. The van der Waals surface area contributed by atoms with Gasteiger partial charge in [0.1, 0.15) is 0 Å². The average molecular weight is 355 g/mol. The van der Waals surface area contributed by atoms with Crippen molar-refractivity contribution in [2.45, 2.75) is 32.6 Å². The van der Waals surface area contributed by atoms with Crippen molar-refractivity contribution in [1.29, 1.82) is 0 Å². The number of hydrogen-bond acceptors (Lipinski definition) is 1. The summed E-state index contributed by atoms with van der Waals surface area (Å²) in [6.45, 7) is 2.27. The molecule has 1 aromatic heterocycles. The molecule has 0 aliphatic rings. The maximum atomic E-state index is 2.42. The lowest BCUT2D eigenvalue weighted by Crippen LogP contribution is -1.84. The highest BCUT2D eigenvalue weighted by atomic mass is 32.1. The van der Waals surface area contributed by atoms with Crippen LogP contribution < -0.4 is 0 Å². The SMILES string of the molecule is CCCCCc1ccc2c(c1)sc1ccc3c4ccccc4ccc3c12. The minimum atomic E-state index is 1.20. The summed E-state index contributed by atoms with van der Waals surface area (Å²) in [4.78, 5) is 0. The van der Waals surface area contributed by atoms with E-state index in [0.717, 1.165) is 0 Å². The second-order valence-electron chi connectivity index (χ2n) is 7.21. The Morgan fingerprint density at radius 1 is 0.692 bits per heavy atom. The van der Waals surface area contributed by atoms with Crippen molar-refractivity contribution in [2.24, 2.45) is 0 Å². The van der Waals surface area contributed by atoms with Crippen LogP contribution in [-0.2, 0) is 6.42 Å². The van der Waals surface area contributed by atoms with Crippen molar-refractivity contribution in [2.75, 3.05) is 0 Å². The Hall–Kier alpha value is -2.38. The molecule has 0 bridgehead atoms. The van der Waals surface area contributed by atoms with Crippen LogP contribution in [0, 0.1) is 0 Å². The van der Waals surface area contributed by atoms with Gasteiger partial charge >= 0.3 is 0 Å². The molecule has 0 nitrogen and oxygen atoms in total. The first-order valence-electron chi connectivity index (χ1n) is 9.61. The van der Waals surface area contributed by atoms with E-state index in [1.54, 1.807) is 0 Å². The van der Waals surface area contributed by atoms with Crippen LogP contribution in [0.5, 0.6) is 0 Å². The Morgan fingerprint density at radius 3 is 2.46 bits per heavy atom. The molecule has 26 heavy (non-hydrogen) atoms. The van der Waals surface area contributed by atoms with E-state index in [9.17, 15) is 0 Å². The first-order chi connectivity index (χ1) is 12.8. The van der Waals surface area contributed by atoms with E-state index in [1.807, 2.05) is 11.3 Å². The first-order valence-corrected chi connectivity index (χ1v) is 10.4. The Bertz CT molecular complexity index is 1240. The smallest absolute Gasteiger partial charge is 0.0361 e. The molecule has 5 rings (SSSR count). The topological polar surface area (TPSA) is 0 Å². The molecule has 0 amide bonds. The number of rotatable bonds is 4. The van der Waals surface area contributed by atoms with Crippen molar-refractivity contribution in [3.05, 3.63) is 72.3 Å². The van der Waals surface area contributed by atoms with Crippen LogP contribution in [0.1, 0.15) is 31.7 Å². The molecule has 0 aliphatic carbocycles.